The number of imidazole rings is 1. The van der Waals surface area contributed by atoms with Gasteiger partial charge in [-0.05, 0) is 11.6 Å². The first-order valence-corrected chi connectivity index (χ1v) is 4.93. The van der Waals surface area contributed by atoms with Gasteiger partial charge in [-0.25, -0.2) is 4.98 Å². The highest BCUT2D eigenvalue weighted by atomic mass is 19.4. The van der Waals surface area contributed by atoms with Crippen molar-refractivity contribution in [3.05, 3.63) is 47.8 Å². The van der Waals surface area contributed by atoms with Crippen LogP contribution in [0.3, 0.4) is 0 Å². The van der Waals surface area contributed by atoms with Crippen LogP contribution in [0, 0.1) is 11.3 Å². The molecule has 0 amide bonds. The van der Waals surface area contributed by atoms with Gasteiger partial charge in [-0.2, -0.15) is 18.4 Å². The lowest BCUT2D eigenvalue weighted by Crippen LogP contribution is -2.08. The van der Waals surface area contributed by atoms with E-state index in [1.165, 1.54) is 18.6 Å². The number of nitriles is 1. The minimum absolute atomic E-state index is 0.259. The summed E-state index contributed by atoms with van der Waals surface area (Å²) in [6, 6.07) is 4.14. The number of hydrogen-bond donors (Lipinski definition) is 0. The molecule has 0 unspecified atom stereocenters. The van der Waals surface area contributed by atoms with Gasteiger partial charge >= 0.3 is 6.18 Å². The Morgan fingerprint density at radius 1 is 1.28 bits per heavy atom. The molecule has 2 rings (SSSR count). The molecule has 0 aliphatic carbocycles. The van der Waals surface area contributed by atoms with Gasteiger partial charge in [0.2, 0.25) is 0 Å². The number of pyridine rings is 1. The summed E-state index contributed by atoms with van der Waals surface area (Å²) in [5.41, 5.74) is -0.0608. The van der Waals surface area contributed by atoms with Gasteiger partial charge in [-0.15, -0.1) is 0 Å². The molecule has 2 aromatic rings. The van der Waals surface area contributed by atoms with E-state index in [9.17, 15) is 13.2 Å². The molecule has 7 heteroatoms. The van der Waals surface area contributed by atoms with Gasteiger partial charge in [0.25, 0.3) is 0 Å². The smallest absolute Gasteiger partial charge is 0.332 e. The van der Waals surface area contributed by atoms with Gasteiger partial charge in [-0.1, -0.05) is 6.07 Å². The van der Waals surface area contributed by atoms with Crippen molar-refractivity contribution in [2.45, 2.75) is 12.7 Å². The Morgan fingerprint density at radius 2 is 2.06 bits per heavy atom. The molecule has 0 N–H and O–H groups in total. The fraction of sp³-hybridized carbons (Fsp3) is 0.182. The van der Waals surface area contributed by atoms with Gasteiger partial charge < -0.3 is 4.57 Å². The number of nitrogens with zero attached hydrogens (tertiary/aromatic N) is 4. The fourth-order valence-corrected chi connectivity index (χ4v) is 1.40. The highest BCUT2D eigenvalue weighted by molar-refractivity contribution is 5.19. The molecule has 0 bridgehead atoms. The van der Waals surface area contributed by atoms with Crippen LogP contribution in [0.5, 0.6) is 0 Å². The number of halogens is 3. The SMILES string of the molecule is N#Cc1cn(Cc2ccc(C(F)(F)F)nc2)cn1. The van der Waals surface area contributed by atoms with Crippen LogP contribution in [0.25, 0.3) is 0 Å². The summed E-state index contributed by atoms with van der Waals surface area (Å²) < 4.78 is 38.4. The second kappa shape index (κ2) is 4.49. The first kappa shape index (κ1) is 12.1. The second-order valence-corrected chi connectivity index (χ2v) is 3.59. The largest absolute Gasteiger partial charge is 0.433 e. The minimum atomic E-state index is -4.43. The van der Waals surface area contributed by atoms with Crippen LogP contribution in [0.4, 0.5) is 13.2 Å². The molecule has 0 atom stereocenters. The molecule has 0 saturated heterocycles. The van der Waals surface area contributed by atoms with Crippen molar-refractivity contribution in [2.75, 3.05) is 0 Å². The third-order valence-corrected chi connectivity index (χ3v) is 2.23. The van der Waals surface area contributed by atoms with E-state index in [1.54, 1.807) is 4.57 Å². The zero-order chi connectivity index (χ0) is 13.2. The van der Waals surface area contributed by atoms with Crippen LogP contribution in [0.2, 0.25) is 0 Å². The monoisotopic (exact) mass is 252 g/mol. The van der Waals surface area contributed by atoms with Crippen molar-refractivity contribution in [3.63, 3.8) is 0 Å². The average molecular weight is 252 g/mol. The van der Waals surface area contributed by atoms with Crippen molar-refractivity contribution in [3.8, 4) is 6.07 Å². The van der Waals surface area contributed by atoms with E-state index >= 15 is 0 Å². The Hall–Kier alpha value is -2.36. The molecule has 0 radical (unpaired) electrons. The molecule has 2 aromatic heterocycles. The van der Waals surface area contributed by atoms with Crippen LogP contribution in [0.1, 0.15) is 17.0 Å². The molecule has 0 aliphatic rings. The van der Waals surface area contributed by atoms with Gasteiger partial charge in [0, 0.05) is 12.4 Å². The number of alkyl halides is 3. The van der Waals surface area contributed by atoms with Crippen molar-refractivity contribution in [1.82, 2.24) is 14.5 Å². The molecule has 0 spiro atoms. The maximum Gasteiger partial charge on any atom is 0.433 e. The Bertz CT molecular complexity index is 578. The van der Waals surface area contributed by atoms with Crippen molar-refractivity contribution >= 4 is 0 Å². The van der Waals surface area contributed by atoms with E-state index in [-0.39, 0.29) is 5.69 Å². The number of rotatable bonds is 2. The summed E-state index contributed by atoms with van der Waals surface area (Å²) in [5.74, 6) is 0. The van der Waals surface area contributed by atoms with Gasteiger partial charge in [0.05, 0.1) is 12.9 Å². The lowest BCUT2D eigenvalue weighted by atomic mass is 10.2. The lowest BCUT2D eigenvalue weighted by molar-refractivity contribution is -0.141. The normalized spacial score (nSPS) is 11.2. The summed E-state index contributed by atoms with van der Waals surface area (Å²) in [5, 5.41) is 8.58. The average Bonchev–Trinajstić information content (AvgIpc) is 2.76. The Labute approximate surface area is 100 Å². The first-order chi connectivity index (χ1) is 8.49. The first-order valence-electron chi connectivity index (χ1n) is 4.93. The van der Waals surface area contributed by atoms with E-state index in [0.717, 1.165) is 12.3 Å². The lowest BCUT2D eigenvalue weighted by Gasteiger charge is -2.06. The summed E-state index contributed by atoms with van der Waals surface area (Å²) in [6.45, 7) is 0.319. The van der Waals surface area contributed by atoms with Crippen LogP contribution >= 0.6 is 0 Å². The van der Waals surface area contributed by atoms with Crippen molar-refractivity contribution in [1.29, 1.82) is 5.26 Å². The molecule has 4 nitrogen and oxygen atoms in total. The topological polar surface area (TPSA) is 54.5 Å². The highest BCUT2D eigenvalue weighted by Crippen LogP contribution is 2.27. The van der Waals surface area contributed by atoms with E-state index in [0.29, 0.717) is 12.1 Å². The van der Waals surface area contributed by atoms with Crippen LogP contribution in [0.15, 0.2) is 30.9 Å². The van der Waals surface area contributed by atoms with Gasteiger partial charge in [0.1, 0.15) is 11.8 Å². The Kier molecular flexibility index (Phi) is 3.02. The summed E-state index contributed by atoms with van der Waals surface area (Å²) in [4.78, 5) is 7.14. The summed E-state index contributed by atoms with van der Waals surface area (Å²) in [6.07, 6.45) is -0.315. The maximum atomic E-state index is 12.3. The molecule has 18 heavy (non-hydrogen) atoms. The number of aromatic nitrogens is 3. The van der Waals surface area contributed by atoms with Crippen molar-refractivity contribution in [2.24, 2.45) is 0 Å². The van der Waals surface area contributed by atoms with E-state index in [1.807, 2.05) is 6.07 Å². The summed E-state index contributed by atoms with van der Waals surface area (Å²) >= 11 is 0. The predicted octanol–water partition coefficient (Wildman–Crippen LogP) is 2.22. The molecular formula is C11H7F3N4. The predicted molar refractivity (Wildman–Crippen MR) is 55.3 cm³/mol. The summed E-state index contributed by atoms with van der Waals surface area (Å²) in [7, 11) is 0. The quantitative estimate of drug-likeness (QED) is 0.823. The van der Waals surface area contributed by atoms with E-state index in [2.05, 4.69) is 9.97 Å². The van der Waals surface area contributed by atoms with Crippen LogP contribution in [-0.4, -0.2) is 14.5 Å². The zero-order valence-electron chi connectivity index (χ0n) is 9.02. The third kappa shape index (κ3) is 2.66. The van der Waals surface area contributed by atoms with Crippen LogP contribution in [-0.2, 0) is 12.7 Å². The molecule has 2 heterocycles. The minimum Gasteiger partial charge on any atom is -0.332 e. The fourth-order valence-electron chi connectivity index (χ4n) is 1.40. The standard InChI is InChI=1S/C11H7F3N4/c12-11(13,14)10-2-1-8(4-16-10)5-18-6-9(3-15)17-7-18/h1-2,4,6-7H,5H2. The molecule has 0 aromatic carbocycles. The Morgan fingerprint density at radius 3 is 2.56 bits per heavy atom. The van der Waals surface area contributed by atoms with Gasteiger partial charge in [-0.3, -0.25) is 4.98 Å². The van der Waals surface area contributed by atoms with E-state index < -0.39 is 11.9 Å². The van der Waals surface area contributed by atoms with Crippen LogP contribution < -0.4 is 0 Å². The molecular weight excluding hydrogens is 245 g/mol. The molecule has 0 fully saturated rings. The number of hydrogen-bond acceptors (Lipinski definition) is 3. The zero-order valence-corrected chi connectivity index (χ0v) is 9.02. The van der Waals surface area contributed by atoms with Gasteiger partial charge in [0.15, 0.2) is 5.69 Å². The Balaban J connectivity index is 2.14. The molecule has 0 saturated carbocycles. The third-order valence-electron chi connectivity index (χ3n) is 2.23. The second-order valence-electron chi connectivity index (χ2n) is 3.59. The van der Waals surface area contributed by atoms with Crippen molar-refractivity contribution < 1.29 is 13.2 Å². The molecule has 0 aliphatic heterocycles. The highest BCUT2D eigenvalue weighted by Gasteiger charge is 2.31. The molecule has 92 valence electrons. The van der Waals surface area contributed by atoms with E-state index in [4.69, 9.17) is 5.26 Å². The maximum absolute atomic E-state index is 12.3.